The maximum atomic E-state index is 12.3. The lowest BCUT2D eigenvalue weighted by molar-refractivity contribution is 0.0339. The SMILES string of the molecule is COc1ccc(/C=N/NC(=O)c2nc(Cl)c(Cl)c(N)c2Cl)cc1CN1CCOCC1. The summed E-state index contributed by atoms with van der Waals surface area (Å²) in [5.74, 6) is 0.119. The molecule has 2 aromatic rings. The third kappa shape index (κ3) is 5.33. The van der Waals surface area contributed by atoms with Crippen LogP contribution in [0.15, 0.2) is 23.3 Å². The summed E-state index contributed by atoms with van der Waals surface area (Å²) in [5, 5.41) is 3.76. The Morgan fingerprint density at radius 3 is 2.77 bits per heavy atom. The normalized spacial score (nSPS) is 14.8. The first-order valence-electron chi connectivity index (χ1n) is 9.01. The van der Waals surface area contributed by atoms with Gasteiger partial charge in [-0.05, 0) is 23.8 Å². The highest BCUT2D eigenvalue weighted by Gasteiger charge is 2.19. The Labute approximate surface area is 188 Å². The minimum Gasteiger partial charge on any atom is -0.496 e. The van der Waals surface area contributed by atoms with Gasteiger partial charge in [0.2, 0.25) is 0 Å². The van der Waals surface area contributed by atoms with Gasteiger partial charge >= 0.3 is 0 Å². The second kappa shape index (κ2) is 10.3. The number of ether oxygens (including phenoxy) is 2. The van der Waals surface area contributed by atoms with Crippen LogP contribution in [0.3, 0.4) is 0 Å². The van der Waals surface area contributed by atoms with Crippen molar-refractivity contribution in [3.05, 3.63) is 50.2 Å². The minimum absolute atomic E-state index is 0.00671. The smallest absolute Gasteiger partial charge is 0.291 e. The predicted octanol–water partition coefficient (Wildman–Crippen LogP) is 3.23. The molecule has 0 unspecified atom stereocenters. The average molecular weight is 473 g/mol. The van der Waals surface area contributed by atoms with Crippen LogP contribution in [0, 0.1) is 0 Å². The maximum Gasteiger partial charge on any atom is 0.291 e. The predicted molar refractivity (Wildman–Crippen MR) is 118 cm³/mol. The number of amides is 1. The molecule has 1 saturated heterocycles. The van der Waals surface area contributed by atoms with Crippen LogP contribution in [0.4, 0.5) is 5.69 Å². The van der Waals surface area contributed by atoms with Crippen LogP contribution in [-0.4, -0.2) is 55.4 Å². The van der Waals surface area contributed by atoms with Crippen LogP contribution in [0.25, 0.3) is 0 Å². The molecule has 1 aromatic heterocycles. The number of carbonyl (C=O) groups is 1. The van der Waals surface area contributed by atoms with E-state index in [0.717, 1.165) is 36.5 Å². The molecule has 8 nitrogen and oxygen atoms in total. The highest BCUT2D eigenvalue weighted by molar-refractivity contribution is 6.46. The molecule has 1 amide bonds. The third-order valence-corrected chi connectivity index (χ3v) is 5.60. The van der Waals surface area contributed by atoms with Crippen LogP contribution in [-0.2, 0) is 11.3 Å². The van der Waals surface area contributed by atoms with Crippen molar-refractivity contribution in [2.24, 2.45) is 5.10 Å². The summed E-state index contributed by atoms with van der Waals surface area (Å²) in [6.45, 7) is 3.87. The van der Waals surface area contributed by atoms with Crippen LogP contribution in [0.1, 0.15) is 21.6 Å². The second-order valence-electron chi connectivity index (χ2n) is 6.45. The van der Waals surface area contributed by atoms with Gasteiger partial charge in [0.05, 0.1) is 37.2 Å². The summed E-state index contributed by atoms with van der Waals surface area (Å²) in [6.07, 6.45) is 1.51. The van der Waals surface area contributed by atoms with Gasteiger partial charge in [0.25, 0.3) is 5.91 Å². The molecule has 11 heteroatoms. The van der Waals surface area contributed by atoms with Crippen molar-refractivity contribution < 1.29 is 14.3 Å². The Kier molecular flexibility index (Phi) is 7.74. The largest absolute Gasteiger partial charge is 0.496 e. The van der Waals surface area contributed by atoms with Crippen molar-refractivity contribution in [2.45, 2.75) is 6.54 Å². The lowest BCUT2D eigenvalue weighted by atomic mass is 10.1. The molecule has 2 heterocycles. The lowest BCUT2D eigenvalue weighted by Gasteiger charge is -2.27. The number of morpholine rings is 1. The molecule has 30 heavy (non-hydrogen) atoms. The van der Waals surface area contributed by atoms with Crippen LogP contribution in [0.2, 0.25) is 15.2 Å². The molecule has 1 aliphatic heterocycles. The van der Waals surface area contributed by atoms with Crippen molar-refractivity contribution in [1.29, 1.82) is 0 Å². The number of hydrazone groups is 1. The Morgan fingerprint density at radius 1 is 1.33 bits per heavy atom. The highest BCUT2D eigenvalue weighted by Crippen LogP contribution is 2.34. The Balaban J connectivity index is 1.71. The van der Waals surface area contributed by atoms with Crippen molar-refractivity contribution in [3.8, 4) is 5.75 Å². The number of anilines is 1. The average Bonchev–Trinajstić information content (AvgIpc) is 2.75. The van der Waals surface area contributed by atoms with Crippen LogP contribution >= 0.6 is 34.8 Å². The van der Waals surface area contributed by atoms with Crippen molar-refractivity contribution in [2.75, 3.05) is 39.1 Å². The number of aromatic nitrogens is 1. The Hall–Kier alpha value is -2.10. The molecule has 1 aromatic carbocycles. The summed E-state index contributed by atoms with van der Waals surface area (Å²) in [4.78, 5) is 18.5. The fourth-order valence-electron chi connectivity index (χ4n) is 2.90. The first kappa shape index (κ1) is 22.6. The molecule has 0 atom stereocenters. The van der Waals surface area contributed by atoms with Crippen molar-refractivity contribution in [1.82, 2.24) is 15.3 Å². The fourth-order valence-corrected chi connectivity index (χ4v) is 3.50. The minimum atomic E-state index is -0.663. The number of hydrogen-bond donors (Lipinski definition) is 2. The van der Waals surface area contributed by atoms with E-state index in [1.54, 1.807) is 7.11 Å². The van der Waals surface area contributed by atoms with Gasteiger partial charge in [-0.1, -0.05) is 34.8 Å². The highest BCUT2D eigenvalue weighted by atomic mass is 35.5. The molecule has 0 bridgehead atoms. The lowest BCUT2D eigenvalue weighted by Crippen LogP contribution is -2.35. The number of nitrogens with zero attached hydrogens (tertiary/aromatic N) is 3. The molecule has 1 fully saturated rings. The van der Waals surface area contributed by atoms with E-state index in [2.05, 4.69) is 20.4 Å². The molecular weight excluding hydrogens is 453 g/mol. The molecule has 3 N–H and O–H groups in total. The Morgan fingerprint density at radius 2 is 2.07 bits per heavy atom. The number of carbonyl (C=O) groups excluding carboxylic acids is 1. The van der Waals surface area contributed by atoms with E-state index >= 15 is 0 Å². The van der Waals surface area contributed by atoms with Crippen LogP contribution in [0.5, 0.6) is 5.75 Å². The van der Waals surface area contributed by atoms with Gasteiger partial charge in [-0.2, -0.15) is 5.10 Å². The summed E-state index contributed by atoms with van der Waals surface area (Å²) in [7, 11) is 1.63. The molecule has 0 aliphatic carbocycles. The number of hydrogen-bond acceptors (Lipinski definition) is 7. The van der Waals surface area contributed by atoms with Gasteiger partial charge in [-0.3, -0.25) is 9.69 Å². The molecule has 0 saturated carbocycles. The first-order chi connectivity index (χ1) is 14.4. The number of halogens is 3. The number of benzene rings is 1. The number of rotatable bonds is 6. The molecule has 160 valence electrons. The maximum absolute atomic E-state index is 12.3. The number of nitrogens with one attached hydrogen (secondary N) is 1. The van der Waals surface area contributed by atoms with E-state index in [9.17, 15) is 4.79 Å². The van der Waals surface area contributed by atoms with E-state index in [4.69, 9.17) is 50.0 Å². The monoisotopic (exact) mass is 471 g/mol. The molecule has 3 rings (SSSR count). The zero-order valence-corrected chi connectivity index (χ0v) is 18.4. The summed E-state index contributed by atoms with van der Waals surface area (Å²) >= 11 is 17.8. The number of methoxy groups -OCH3 is 1. The van der Waals surface area contributed by atoms with Crippen LogP contribution < -0.4 is 15.9 Å². The number of pyridine rings is 1. The van der Waals surface area contributed by atoms with E-state index in [0.29, 0.717) is 13.2 Å². The van der Waals surface area contributed by atoms with Gasteiger partial charge in [-0.25, -0.2) is 10.4 Å². The quantitative estimate of drug-likeness (QED) is 0.380. The van der Waals surface area contributed by atoms with E-state index in [1.165, 1.54) is 6.21 Å². The van der Waals surface area contributed by atoms with Gasteiger partial charge in [0.15, 0.2) is 10.8 Å². The topological polar surface area (TPSA) is 102 Å². The van der Waals surface area contributed by atoms with E-state index < -0.39 is 5.91 Å². The summed E-state index contributed by atoms with van der Waals surface area (Å²) in [5.41, 5.74) is 9.70. The van der Waals surface area contributed by atoms with Gasteiger partial charge in [0, 0.05) is 25.2 Å². The second-order valence-corrected chi connectivity index (χ2v) is 7.57. The van der Waals surface area contributed by atoms with Crippen molar-refractivity contribution in [3.63, 3.8) is 0 Å². The third-order valence-electron chi connectivity index (χ3n) is 4.47. The van der Waals surface area contributed by atoms with E-state index in [1.807, 2.05) is 18.2 Å². The summed E-state index contributed by atoms with van der Waals surface area (Å²) < 4.78 is 10.8. The van der Waals surface area contributed by atoms with E-state index in [-0.39, 0.29) is 26.6 Å². The number of nitrogens with two attached hydrogens (primary N) is 1. The van der Waals surface area contributed by atoms with Gasteiger partial charge in [0.1, 0.15) is 10.8 Å². The zero-order valence-electron chi connectivity index (χ0n) is 16.1. The van der Waals surface area contributed by atoms with Crippen molar-refractivity contribution >= 4 is 52.6 Å². The fraction of sp³-hybridized carbons (Fsp3) is 0.316. The standard InChI is InChI=1S/C19H20Cl3N5O3/c1-29-13-3-2-11(8-12(13)10-27-4-6-30-7-5-27)9-24-26-19(28)17-14(20)16(23)15(21)18(22)25-17/h2-3,8-9H,4-7,10H2,1H3,(H2,23,25)(H,26,28)/b24-9+. The molecule has 0 spiro atoms. The molecular formula is C19H20Cl3N5O3. The summed E-state index contributed by atoms with van der Waals surface area (Å²) in [6, 6.07) is 5.64. The Bertz CT molecular complexity index is 965. The molecule has 1 aliphatic rings. The zero-order chi connectivity index (χ0) is 21.7. The van der Waals surface area contributed by atoms with Gasteiger partial charge < -0.3 is 15.2 Å². The molecule has 0 radical (unpaired) electrons. The number of nitrogen functional groups attached to an aromatic ring is 1. The first-order valence-corrected chi connectivity index (χ1v) is 10.1. The van der Waals surface area contributed by atoms with Gasteiger partial charge in [-0.15, -0.1) is 0 Å².